The van der Waals surface area contributed by atoms with E-state index >= 15 is 0 Å². The van der Waals surface area contributed by atoms with E-state index in [1.54, 1.807) is 24.3 Å². The van der Waals surface area contributed by atoms with Crippen molar-refractivity contribution in [3.63, 3.8) is 0 Å². The number of nitrogens with zero attached hydrogens (tertiary/aromatic N) is 1. The van der Waals surface area contributed by atoms with E-state index in [4.69, 9.17) is 11.6 Å². The molecule has 0 unspecified atom stereocenters. The van der Waals surface area contributed by atoms with E-state index in [2.05, 4.69) is 17.4 Å². The maximum absolute atomic E-state index is 12.7. The lowest BCUT2D eigenvalue weighted by atomic mass is 9.96. The van der Waals surface area contributed by atoms with Gasteiger partial charge in [-0.2, -0.15) is 0 Å². The zero-order valence-corrected chi connectivity index (χ0v) is 18.8. The molecule has 3 rings (SSSR count). The van der Waals surface area contributed by atoms with Gasteiger partial charge in [-0.15, -0.1) is 0 Å². The molecule has 1 saturated heterocycles. The van der Waals surface area contributed by atoms with E-state index in [0.29, 0.717) is 36.5 Å². The summed E-state index contributed by atoms with van der Waals surface area (Å²) in [5, 5.41) is 3.63. The van der Waals surface area contributed by atoms with Gasteiger partial charge >= 0.3 is 0 Å². The fourth-order valence-corrected chi connectivity index (χ4v) is 5.55. The quantitative estimate of drug-likeness (QED) is 0.663. The number of amides is 1. The molecule has 162 valence electrons. The van der Waals surface area contributed by atoms with Crippen LogP contribution in [-0.4, -0.2) is 37.8 Å². The Hall–Kier alpha value is -1.89. The first-order valence-electron chi connectivity index (χ1n) is 10.4. The van der Waals surface area contributed by atoms with Crippen LogP contribution in [0.25, 0.3) is 0 Å². The van der Waals surface area contributed by atoms with Gasteiger partial charge in [0.05, 0.1) is 5.75 Å². The molecule has 2 aromatic rings. The van der Waals surface area contributed by atoms with Crippen molar-refractivity contribution in [2.24, 2.45) is 5.92 Å². The first-order chi connectivity index (χ1) is 14.3. The number of sulfonamides is 1. The summed E-state index contributed by atoms with van der Waals surface area (Å²) in [5.74, 6) is -0.176. The van der Waals surface area contributed by atoms with Crippen LogP contribution in [0.15, 0.2) is 54.6 Å². The second-order valence-corrected chi connectivity index (χ2v) is 10.4. The molecular formula is C23H29ClN2O3S. The smallest absolute Gasteiger partial charge is 0.223 e. The molecular weight excluding hydrogens is 420 g/mol. The number of nitrogens with one attached hydrogen (secondary N) is 1. The largest absolute Gasteiger partial charge is 0.353 e. The third-order valence-electron chi connectivity index (χ3n) is 5.55. The Morgan fingerprint density at radius 1 is 1.10 bits per heavy atom. The zero-order chi connectivity index (χ0) is 21.6. The van der Waals surface area contributed by atoms with Crippen LogP contribution in [0.4, 0.5) is 0 Å². The van der Waals surface area contributed by atoms with Crippen molar-refractivity contribution in [3.05, 3.63) is 70.7 Å². The minimum atomic E-state index is -3.42. The average Bonchev–Trinajstić information content (AvgIpc) is 2.73. The third kappa shape index (κ3) is 6.56. The van der Waals surface area contributed by atoms with Gasteiger partial charge in [0.15, 0.2) is 0 Å². The number of aryl methyl sites for hydroxylation is 1. The van der Waals surface area contributed by atoms with Gasteiger partial charge in [0.2, 0.25) is 15.9 Å². The molecule has 1 fully saturated rings. The summed E-state index contributed by atoms with van der Waals surface area (Å²) in [6, 6.07) is 17.2. The van der Waals surface area contributed by atoms with Crippen LogP contribution in [0, 0.1) is 5.92 Å². The molecule has 5 nitrogen and oxygen atoms in total. The Bertz CT molecular complexity index is 942. The minimum absolute atomic E-state index is 0.0300. The first kappa shape index (κ1) is 22.8. The maximum Gasteiger partial charge on any atom is 0.223 e. The van der Waals surface area contributed by atoms with Gasteiger partial charge in [-0.25, -0.2) is 12.7 Å². The molecule has 2 aromatic carbocycles. The molecule has 1 N–H and O–H groups in total. The summed E-state index contributed by atoms with van der Waals surface area (Å²) < 4.78 is 26.9. The van der Waals surface area contributed by atoms with Crippen LogP contribution >= 0.6 is 11.6 Å². The minimum Gasteiger partial charge on any atom is -0.353 e. The van der Waals surface area contributed by atoms with Crippen molar-refractivity contribution in [2.75, 3.05) is 13.1 Å². The fraction of sp³-hybridized carbons (Fsp3) is 0.435. The van der Waals surface area contributed by atoms with Crippen molar-refractivity contribution in [3.8, 4) is 0 Å². The van der Waals surface area contributed by atoms with Crippen molar-refractivity contribution in [2.45, 2.75) is 44.4 Å². The van der Waals surface area contributed by atoms with Gasteiger partial charge in [-0.1, -0.05) is 54.1 Å². The predicted molar refractivity (Wildman–Crippen MR) is 121 cm³/mol. The van der Waals surface area contributed by atoms with Gasteiger partial charge in [0.1, 0.15) is 0 Å². The van der Waals surface area contributed by atoms with Crippen LogP contribution < -0.4 is 5.32 Å². The van der Waals surface area contributed by atoms with E-state index in [0.717, 1.165) is 12.8 Å². The van der Waals surface area contributed by atoms with Gasteiger partial charge in [0.25, 0.3) is 0 Å². The Labute approximate surface area is 184 Å². The Balaban J connectivity index is 1.45. The lowest BCUT2D eigenvalue weighted by molar-refractivity contribution is -0.126. The monoisotopic (exact) mass is 448 g/mol. The molecule has 1 aliphatic heterocycles. The fourth-order valence-electron chi connectivity index (χ4n) is 3.79. The van der Waals surface area contributed by atoms with Gasteiger partial charge in [-0.3, -0.25) is 4.79 Å². The van der Waals surface area contributed by atoms with Crippen LogP contribution in [0.2, 0.25) is 5.02 Å². The van der Waals surface area contributed by atoms with Gasteiger partial charge < -0.3 is 5.32 Å². The number of carbonyl (C=O) groups is 1. The van der Waals surface area contributed by atoms with Gasteiger partial charge in [-0.05, 0) is 55.9 Å². The van der Waals surface area contributed by atoms with Crippen molar-refractivity contribution < 1.29 is 13.2 Å². The predicted octanol–water partition coefficient (Wildman–Crippen LogP) is 4.02. The summed E-state index contributed by atoms with van der Waals surface area (Å²) >= 11 is 5.96. The summed E-state index contributed by atoms with van der Waals surface area (Å²) in [5.41, 5.74) is 1.94. The van der Waals surface area contributed by atoms with E-state index in [1.165, 1.54) is 9.87 Å². The topological polar surface area (TPSA) is 66.5 Å². The van der Waals surface area contributed by atoms with Crippen LogP contribution in [0.5, 0.6) is 0 Å². The van der Waals surface area contributed by atoms with Gasteiger partial charge in [0, 0.05) is 30.1 Å². The molecule has 30 heavy (non-hydrogen) atoms. The molecule has 1 heterocycles. The SMILES string of the molecule is C[C@@H](CCc1ccccc1)NC(=O)C1CCN(S(=O)(=O)Cc2cccc(Cl)c2)CC1. The molecule has 1 aliphatic rings. The van der Waals surface area contributed by atoms with E-state index in [9.17, 15) is 13.2 Å². The molecule has 1 atom stereocenters. The number of rotatable bonds is 8. The zero-order valence-electron chi connectivity index (χ0n) is 17.3. The number of hydrogen-bond donors (Lipinski definition) is 1. The number of hydrogen-bond acceptors (Lipinski definition) is 3. The van der Waals surface area contributed by atoms with Crippen LogP contribution in [0.3, 0.4) is 0 Å². The Kier molecular flexibility index (Phi) is 7.92. The number of piperidine rings is 1. The third-order valence-corrected chi connectivity index (χ3v) is 7.64. The number of halogens is 1. The molecule has 1 amide bonds. The van der Waals surface area contributed by atoms with Crippen molar-refractivity contribution in [1.82, 2.24) is 9.62 Å². The average molecular weight is 449 g/mol. The van der Waals surface area contributed by atoms with Crippen LogP contribution in [0.1, 0.15) is 37.3 Å². The highest BCUT2D eigenvalue weighted by atomic mass is 35.5. The van der Waals surface area contributed by atoms with E-state index < -0.39 is 10.0 Å². The first-order valence-corrected chi connectivity index (χ1v) is 12.4. The Morgan fingerprint density at radius 2 is 1.77 bits per heavy atom. The molecule has 0 spiro atoms. The van der Waals surface area contributed by atoms with E-state index in [-0.39, 0.29) is 23.6 Å². The molecule has 0 bridgehead atoms. The van der Waals surface area contributed by atoms with Crippen LogP contribution in [-0.2, 0) is 27.0 Å². The van der Waals surface area contributed by atoms with Crippen molar-refractivity contribution in [1.29, 1.82) is 0 Å². The second-order valence-electron chi connectivity index (χ2n) is 7.99. The highest BCUT2D eigenvalue weighted by molar-refractivity contribution is 7.88. The molecule has 0 aliphatic carbocycles. The lowest BCUT2D eigenvalue weighted by Gasteiger charge is -2.31. The molecule has 0 saturated carbocycles. The Morgan fingerprint density at radius 3 is 2.43 bits per heavy atom. The number of carbonyl (C=O) groups excluding carboxylic acids is 1. The molecule has 7 heteroatoms. The maximum atomic E-state index is 12.7. The summed E-state index contributed by atoms with van der Waals surface area (Å²) in [4.78, 5) is 12.6. The lowest BCUT2D eigenvalue weighted by Crippen LogP contribution is -2.45. The summed E-state index contributed by atoms with van der Waals surface area (Å²) in [7, 11) is -3.42. The molecule has 0 radical (unpaired) electrons. The summed E-state index contributed by atoms with van der Waals surface area (Å²) in [6.45, 7) is 2.77. The normalized spacial score (nSPS) is 16.9. The second kappa shape index (κ2) is 10.4. The molecule has 0 aromatic heterocycles. The van der Waals surface area contributed by atoms with E-state index in [1.807, 2.05) is 25.1 Å². The number of benzene rings is 2. The highest BCUT2D eigenvalue weighted by Crippen LogP contribution is 2.23. The standard InChI is InChI=1S/C23H29ClN2O3S/c1-18(10-11-19-6-3-2-4-7-19)25-23(27)21-12-14-26(15-13-21)30(28,29)17-20-8-5-9-22(24)16-20/h2-9,16,18,21H,10-15,17H2,1H3,(H,25,27)/t18-/m0/s1. The van der Waals surface area contributed by atoms with Crippen molar-refractivity contribution >= 4 is 27.5 Å². The summed E-state index contributed by atoms with van der Waals surface area (Å²) in [6.07, 6.45) is 2.89. The highest BCUT2D eigenvalue weighted by Gasteiger charge is 2.31.